The lowest BCUT2D eigenvalue weighted by atomic mass is 10.2. The van der Waals surface area contributed by atoms with Gasteiger partial charge in [0.2, 0.25) is 0 Å². The number of hydrogen-bond acceptors (Lipinski definition) is 3. The van der Waals surface area contributed by atoms with Crippen LogP contribution in [0.4, 0.5) is 8.78 Å². The molecular formula is C12H10F2N2O2. The minimum Gasteiger partial charge on any atom is -0.486 e. The maximum Gasteiger partial charge on any atom is 0.320 e. The Labute approximate surface area is 102 Å². The Kier molecular flexibility index (Phi) is 3.66. The summed E-state index contributed by atoms with van der Waals surface area (Å²) in [5.74, 6) is 0.560. The molecule has 0 amide bonds. The second-order valence-corrected chi connectivity index (χ2v) is 3.51. The van der Waals surface area contributed by atoms with Gasteiger partial charge in [0.25, 0.3) is 0 Å². The minimum absolute atomic E-state index is 0.0837. The van der Waals surface area contributed by atoms with Gasteiger partial charge in [0, 0.05) is 18.0 Å². The first kappa shape index (κ1) is 12.2. The molecule has 0 N–H and O–H groups in total. The summed E-state index contributed by atoms with van der Waals surface area (Å²) in [7, 11) is 0. The van der Waals surface area contributed by atoms with E-state index in [1.165, 1.54) is 18.5 Å². The van der Waals surface area contributed by atoms with Crippen LogP contribution in [-0.2, 0) is 6.61 Å². The van der Waals surface area contributed by atoms with Crippen molar-refractivity contribution in [2.45, 2.75) is 13.2 Å². The lowest BCUT2D eigenvalue weighted by molar-refractivity contribution is 0.0632. The summed E-state index contributed by atoms with van der Waals surface area (Å²) in [6, 6.07) is 6.45. The Hall–Kier alpha value is -2.24. The Bertz CT molecular complexity index is 540. The van der Waals surface area contributed by atoms with Crippen LogP contribution in [0.1, 0.15) is 22.7 Å². The molecule has 18 heavy (non-hydrogen) atoms. The zero-order valence-electron chi connectivity index (χ0n) is 9.29. The van der Waals surface area contributed by atoms with E-state index in [4.69, 9.17) is 4.74 Å². The second-order valence-electron chi connectivity index (χ2n) is 3.51. The van der Waals surface area contributed by atoms with Gasteiger partial charge in [-0.1, -0.05) is 12.1 Å². The van der Waals surface area contributed by atoms with Gasteiger partial charge in [0.05, 0.1) is 0 Å². The van der Waals surface area contributed by atoms with E-state index < -0.39 is 6.55 Å². The third-order valence-corrected chi connectivity index (χ3v) is 2.32. The van der Waals surface area contributed by atoms with Crippen LogP contribution in [0.25, 0.3) is 0 Å². The highest BCUT2D eigenvalue weighted by atomic mass is 19.3. The Morgan fingerprint density at radius 2 is 2.28 bits per heavy atom. The van der Waals surface area contributed by atoms with Crippen molar-refractivity contribution in [2.24, 2.45) is 0 Å². The number of nitrogens with zero attached hydrogens (tertiary/aromatic N) is 2. The first-order chi connectivity index (χ1) is 8.70. The van der Waals surface area contributed by atoms with Crippen molar-refractivity contribution in [3.05, 3.63) is 48.0 Å². The molecule has 1 aromatic carbocycles. The summed E-state index contributed by atoms with van der Waals surface area (Å²) < 4.78 is 31.1. The molecule has 0 saturated heterocycles. The maximum atomic E-state index is 12.5. The van der Waals surface area contributed by atoms with E-state index in [-0.39, 0.29) is 12.4 Å². The van der Waals surface area contributed by atoms with Crippen molar-refractivity contribution in [3.8, 4) is 5.75 Å². The van der Waals surface area contributed by atoms with Crippen molar-refractivity contribution in [2.75, 3.05) is 0 Å². The summed E-state index contributed by atoms with van der Waals surface area (Å²) >= 11 is 0. The molecule has 6 heteroatoms. The van der Waals surface area contributed by atoms with Gasteiger partial charge in [-0.3, -0.25) is 9.36 Å². The average Bonchev–Trinajstić information content (AvgIpc) is 2.85. The molecule has 0 aliphatic rings. The number of imidazole rings is 1. The molecule has 0 bridgehead atoms. The number of carbonyl (C=O) groups excluding carboxylic acids is 1. The number of aldehydes is 1. The number of alkyl halides is 2. The number of rotatable bonds is 5. The summed E-state index contributed by atoms with van der Waals surface area (Å²) in [5.41, 5.74) is 0.463. The average molecular weight is 252 g/mol. The molecule has 0 radical (unpaired) electrons. The van der Waals surface area contributed by atoms with Crippen LogP contribution < -0.4 is 4.74 Å². The van der Waals surface area contributed by atoms with Gasteiger partial charge in [-0.15, -0.1) is 0 Å². The highest BCUT2D eigenvalue weighted by molar-refractivity contribution is 5.75. The Morgan fingerprint density at radius 1 is 1.44 bits per heavy atom. The van der Waals surface area contributed by atoms with E-state index in [0.29, 0.717) is 17.6 Å². The smallest absolute Gasteiger partial charge is 0.320 e. The van der Waals surface area contributed by atoms with Gasteiger partial charge in [0.15, 0.2) is 5.82 Å². The second kappa shape index (κ2) is 5.39. The fraction of sp³-hybridized carbons (Fsp3) is 0.167. The molecular weight excluding hydrogens is 242 g/mol. The lowest BCUT2D eigenvalue weighted by Crippen LogP contribution is -2.07. The van der Waals surface area contributed by atoms with Gasteiger partial charge in [0.1, 0.15) is 18.6 Å². The third-order valence-electron chi connectivity index (χ3n) is 2.32. The van der Waals surface area contributed by atoms with Crippen LogP contribution in [-0.4, -0.2) is 15.8 Å². The van der Waals surface area contributed by atoms with E-state index in [0.717, 1.165) is 4.57 Å². The van der Waals surface area contributed by atoms with Gasteiger partial charge >= 0.3 is 6.55 Å². The molecule has 0 atom stereocenters. The van der Waals surface area contributed by atoms with E-state index >= 15 is 0 Å². The van der Waals surface area contributed by atoms with E-state index in [9.17, 15) is 13.6 Å². The monoisotopic (exact) mass is 252 g/mol. The van der Waals surface area contributed by atoms with Crippen LogP contribution in [0.5, 0.6) is 5.75 Å². The maximum absolute atomic E-state index is 12.5. The SMILES string of the molecule is O=Cc1cccc(OCc2nccn2C(F)F)c1. The zero-order valence-corrected chi connectivity index (χ0v) is 9.29. The van der Waals surface area contributed by atoms with Crippen LogP contribution in [0.2, 0.25) is 0 Å². The molecule has 0 spiro atoms. The number of aromatic nitrogens is 2. The quantitative estimate of drug-likeness (QED) is 0.768. The van der Waals surface area contributed by atoms with Crippen LogP contribution in [0.3, 0.4) is 0 Å². The summed E-state index contributed by atoms with van der Waals surface area (Å²) in [4.78, 5) is 14.3. The van der Waals surface area contributed by atoms with Gasteiger partial charge in [-0.2, -0.15) is 8.78 Å². The van der Waals surface area contributed by atoms with Crippen molar-refractivity contribution in [1.82, 2.24) is 9.55 Å². The first-order valence-corrected chi connectivity index (χ1v) is 5.18. The fourth-order valence-electron chi connectivity index (χ4n) is 1.46. The molecule has 1 aromatic heterocycles. The van der Waals surface area contributed by atoms with E-state index in [2.05, 4.69) is 4.98 Å². The van der Waals surface area contributed by atoms with Crippen molar-refractivity contribution in [3.63, 3.8) is 0 Å². The topological polar surface area (TPSA) is 44.1 Å². The zero-order chi connectivity index (χ0) is 13.0. The molecule has 2 aromatic rings. The molecule has 0 saturated carbocycles. The normalized spacial score (nSPS) is 10.6. The van der Waals surface area contributed by atoms with Crippen LogP contribution >= 0.6 is 0 Å². The van der Waals surface area contributed by atoms with Gasteiger partial charge in [-0.05, 0) is 12.1 Å². The van der Waals surface area contributed by atoms with Gasteiger partial charge < -0.3 is 4.74 Å². The molecule has 4 nitrogen and oxygen atoms in total. The predicted octanol–water partition coefficient (Wildman–Crippen LogP) is 2.67. The van der Waals surface area contributed by atoms with Crippen molar-refractivity contribution in [1.29, 1.82) is 0 Å². The molecule has 1 heterocycles. The molecule has 2 rings (SSSR count). The number of carbonyl (C=O) groups is 1. The Morgan fingerprint density at radius 3 is 3.00 bits per heavy atom. The molecule has 0 aliphatic carbocycles. The van der Waals surface area contributed by atoms with Gasteiger partial charge in [-0.25, -0.2) is 4.98 Å². The number of hydrogen-bond donors (Lipinski definition) is 0. The number of benzene rings is 1. The minimum atomic E-state index is -2.65. The summed E-state index contributed by atoms with van der Waals surface area (Å²) in [5, 5.41) is 0. The van der Waals surface area contributed by atoms with Crippen molar-refractivity contribution >= 4 is 6.29 Å². The third kappa shape index (κ3) is 2.71. The molecule has 0 fully saturated rings. The van der Waals surface area contributed by atoms with Crippen LogP contribution in [0, 0.1) is 0 Å². The van der Waals surface area contributed by atoms with Crippen LogP contribution in [0.15, 0.2) is 36.7 Å². The molecule has 0 unspecified atom stereocenters. The van der Waals surface area contributed by atoms with E-state index in [1.54, 1.807) is 18.2 Å². The predicted molar refractivity (Wildman–Crippen MR) is 59.6 cm³/mol. The highest BCUT2D eigenvalue weighted by Crippen LogP contribution is 2.16. The summed E-state index contributed by atoms with van der Waals surface area (Å²) in [6.07, 6.45) is 3.16. The molecule has 94 valence electrons. The first-order valence-electron chi connectivity index (χ1n) is 5.18. The van der Waals surface area contributed by atoms with E-state index in [1.807, 2.05) is 0 Å². The van der Waals surface area contributed by atoms with Crippen molar-refractivity contribution < 1.29 is 18.3 Å². The highest BCUT2D eigenvalue weighted by Gasteiger charge is 2.11. The largest absolute Gasteiger partial charge is 0.486 e. The molecule has 0 aliphatic heterocycles. The number of ether oxygens (including phenoxy) is 1. The lowest BCUT2D eigenvalue weighted by Gasteiger charge is -2.08. The fourth-order valence-corrected chi connectivity index (χ4v) is 1.46. The number of halogens is 2. The summed E-state index contributed by atoms with van der Waals surface area (Å²) in [6.45, 7) is -2.73. The Balaban J connectivity index is 2.06. The standard InChI is InChI=1S/C12H10F2N2O2/c13-12(14)16-5-4-15-11(16)8-18-10-3-1-2-9(6-10)7-17/h1-7,12H,8H2.